The lowest BCUT2D eigenvalue weighted by molar-refractivity contribution is -0.125. The molecule has 0 bridgehead atoms. The molecule has 0 aromatic carbocycles. The molecule has 1 aliphatic rings. The fraction of sp³-hybridized carbons (Fsp3) is 0.909. The van der Waals surface area contributed by atoms with Crippen LogP contribution in [0.15, 0.2) is 0 Å². The summed E-state index contributed by atoms with van der Waals surface area (Å²) < 4.78 is 11.2. The van der Waals surface area contributed by atoms with Gasteiger partial charge in [-0.05, 0) is 19.3 Å². The van der Waals surface area contributed by atoms with Crippen molar-refractivity contribution in [3.8, 4) is 0 Å². The fourth-order valence-electron chi connectivity index (χ4n) is 2.04. The van der Waals surface area contributed by atoms with Crippen LogP contribution in [0.3, 0.4) is 0 Å². The average molecular weight is 246 g/mol. The number of hydrogen-bond donors (Lipinski definition) is 2. The number of nitrogens with two attached hydrogens (primary N) is 1. The fourth-order valence-corrected chi connectivity index (χ4v) is 2.66. The Hall–Kier alpha value is -0.420. The van der Waals surface area contributed by atoms with Gasteiger partial charge in [0.05, 0.1) is 0 Å². The van der Waals surface area contributed by atoms with Crippen molar-refractivity contribution < 1.29 is 9.00 Å². The van der Waals surface area contributed by atoms with E-state index in [9.17, 15) is 9.00 Å². The van der Waals surface area contributed by atoms with Gasteiger partial charge in [-0.25, -0.2) is 0 Å². The van der Waals surface area contributed by atoms with Crippen molar-refractivity contribution >= 4 is 16.7 Å². The Bertz CT molecular complexity index is 258. The van der Waals surface area contributed by atoms with Gasteiger partial charge in [0, 0.05) is 40.8 Å². The molecule has 1 rings (SSSR count). The highest BCUT2D eigenvalue weighted by Gasteiger charge is 2.24. The zero-order chi connectivity index (χ0) is 12.0. The quantitative estimate of drug-likeness (QED) is 0.737. The van der Waals surface area contributed by atoms with Gasteiger partial charge >= 0.3 is 0 Å². The molecule has 0 aliphatic heterocycles. The Morgan fingerprint density at radius 2 is 2.25 bits per heavy atom. The van der Waals surface area contributed by atoms with Crippen LogP contribution in [0.2, 0.25) is 0 Å². The third-order valence-electron chi connectivity index (χ3n) is 3.04. The van der Waals surface area contributed by atoms with Crippen molar-refractivity contribution in [1.82, 2.24) is 5.32 Å². The zero-order valence-corrected chi connectivity index (χ0v) is 10.7. The van der Waals surface area contributed by atoms with Crippen LogP contribution in [0.5, 0.6) is 0 Å². The lowest BCUT2D eigenvalue weighted by atomic mass is 9.85. The van der Waals surface area contributed by atoms with E-state index in [1.54, 1.807) is 0 Å². The van der Waals surface area contributed by atoms with Gasteiger partial charge in [-0.2, -0.15) is 0 Å². The molecule has 4 nitrogen and oxygen atoms in total. The third-order valence-corrected chi connectivity index (χ3v) is 4.34. The van der Waals surface area contributed by atoms with E-state index < -0.39 is 10.8 Å². The zero-order valence-electron chi connectivity index (χ0n) is 9.91. The molecule has 1 amide bonds. The average Bonchev–Trinajstić information content (AvgIpc) is 2.28. The Labute approximate surface area is 99.8 Å². The molecule has 0 aromatic rings. The van der Waals surface area contributed by atoms with Crippen LogP contribution < -0.4 is 11.1 Å². The van der Waals surface area contributed by atoms with Gasteiger partial charge in [0.1, 0.15) is 0 Å². The maximum Gasteiger partial charge on any atom is 0.223 e. The molecule has 16 heavy (non-hydrogen) atoms. The number of nitrogens with one attached hydrogen (secondary N) is 1. The molecular weight excluding hydrogens is 224 g/mol. The molecule has 94 valence electrons. The summed E-state index contributed by atoms with van der Waals surface area (Å²) >= 11 is 0. The van der Waals surface area contributed by atoms with E-state index in [4.69, 9.17) is 5.73 Å². The molecule has 0 spiro atoms. The topological polar surface area (TPSA) is 72.2 Å². The second-order valence-corrected chi connectivity index (χ2v) is 6.21. The first kappa shape index (κ1) is 13.6. The number of carbonyl (C=O) groups is 1. The van der Waals surface area contributed by atoms with Crippen molar-refractivity contribution in [3.63, 3.8) is 0 Å². The van der Waals surface area contributed by atoms with Crippen molar-refractivity contribution in [2.45, 2.75) is 38.6 Å². The first-order valence-corrected chi connectivity index (χ1v) is 7.50. The molecule has 0 aromatic heterocycles. The largest absolute Gasteiger partial charge is 0.355 e. The first-order chi connectivity index (χ1) is 7.63. The van der Waals surface area contributed by atoms with E-state index >= 15 is 0 Å². The predicted molar refractivity (Wildman–Crippen MR) is 66.5 cm³/mol. The van der Waals surface area contributed by atoms with E-state index in [2.05, 4.69) is 5.32 Å². The monoisotopic (exact) mass is 246 g/mol. The van der Waals surface area contributed by atoms with Crippen LogP contribution >= 0.6 is 0 Å². The van der Waals surface area contributed by atoms with Crippen molar-refractivity contribution in [2.24, 2.45) is 11.7 Å². The van der Waals surface area contributed by atoms with Crippen LogP contribution in [0, 0.1) is 5.92 Å². The first-order valence-electron chi connectivity index (χ1n) is 6.01. The Balaban J connectivity index is 2.21. The van der Waals surface area contributed by atoms with Gasteiger partial charge in [-0.3, -0.25) is 9.00 Å². The Kier molecular flexibility index (Phi) is 5.98. The van der Waals surface area contributed by atoms with Gasteiger partial charge in [0.15, 0.2) is 0 Å². The maximum absolute atomic E-state index is 11.7. The maximum atomic E-state index is 11.7. The number of amides is 1. The molecule has 3 N–H and O–H groups in total. The van der Waals surface area contributed by atoms with Crippen LogP contribution in [0.25, 0.3) is 0 Å². The van der Waals surface area contributed by atoms with E-state index in [0.29, 0.717) is 18.1 Å². The molecule has 5 heteroatoms. The molecule has 3 atom stereocenters. The summed E-state index contributed by atoms with van der Waals surface area (Å²) in [5, 5.41) is 2.85. The summed E-state index contributed by atoms with van der Waals surface area (Å²) in [7, 11) is -0.795. The van der Waals surface area contributed by atoms with Gasteiger partial charge in [0.25, 0.3) is 0 Å². The second kappa shape index (κ2) is 7.01. The summed E-state index contributed by atoms with van der Waals surface area (Å²) in [6.45, 7) is 2.41. The van der Waals surface area contributed by atoms with Gasteiger partial charge in [-0.15, -0.1) is 0 Å². The van der Waals surface area contributed by atoms with Gasteiger partial charge in [-0.1, -0.05) is 13.3 Å². The molecular formula is C11H22N2O2S. The molecule has 1 aliphatic carbocycles. The van der Waals surface area contributed by atoms with E-state index in [1.807, 2.05) is 6.92 Å². The van der Waals surface area contributed by atoms with Crippen LogP contribution in [0.4, 0.5) is 0 Å². The van der Waals surface area contributed by atoms with E-state index in [-0.39, 0.29) is 17.9 Å². The minimum atomic E-state index is -0.795. The minimum absolute atomic E-state index is 0.0683. The highest BCUT2D eigenvalue weighted by molar-refractivity contribution is 7.84. The Morgan fingerprint density at radius 3 is 2.88 bits per heavy atom. The second-order valence-electron chi connectivity index (χ2n) is 4.35. The molecule has 0 heterocycles. The van der Waals surface area contributed by atoms with E-state index in [1.165, 1.54) is 0 Å². The number of carbonyl (C=O) groups excluding carboxylic acids is 1. The van der Waals surface area contributed by atoms with Crippen molar-refractivity contribution in [2.75, 3.05) is 18.1 Å². The normalized spacial score (nSPS) is 27.4. The third kappa shape index (κ3) is 4.61. The highest BCUT2D eigenvalue weighted by Crippen LogP contribution is 2.22. The molecule has 0 saturated heterocycles. The van der Waals surface area contributed by atoms with Crippen LogP contribution in [-0.2, 0) is 15.6 Å². The summed E-state index contributed by atoms with van der Waals surface area (Å²) in [6, 6.07) is 0.175. The molecule has 0 radical (unpaired) electrons. The summed E-state index contributed by atoms with van der Waals surface area (Å²) in [5.41, 5.74) is 5.83. The molecule has 3 unspecified atom stereocenters. The van der Waals surface area contributed by atoms with Crippen LogP contribution in [-0.4, -0.2) is 34.2 Å². The smallest absolute Gasteiger partial charge is 0.223 e. The van der Waals surface area contributed by atoms with Gasteiger partial charge < -0.3 is 11.1 Å². The summed E-state index contributed by atoms with van der Waals surface area (Å²) in [6.07, 6.45) is 3.81. The van der Waals surface area contributed by atoms with Crippen molar-refractivity contribution in [3.05, 3.63) is 0 Å². The van der Waals surface area contributed by atoms with Gasteiger partial charge in [0.2, 0.25) is 5.91 Å². The SMILES string of the molecule is CCS(=O)CCNC(=O)C1CCCC(N)C1. The summed E-state index contributed by atoms with van der Waals surface area (Å²) in [5.74, 6) is 1.37. The highest BCUT2D eigenvalue weighted by atomic mass is 32.2. The Morgan fingerprint density at radius 1 is 1.50 bits per heavy atom. The predicted octanol–water partition coefficient (Wildman–Crippen LogP) is 0.389. The minimum Gasteiger partial charge on any atom is -0.355 e. The van der Waals surface area contributed by atoms with E-state index in [0.717, 1.165) is 25.7 Å². The standard InChI is InChI=1S/C11H22N2O2S/c1-2-16(15)7-6-13-11(14)9-4-3-5-10(12)8-9/h9-10H,2-8,12H2,1H3,(H,13,14). The molecule has 1 saturated carbocycles. The van der Waals surface area contributed by atoms with Crippen LogP contribution in [0.1, 0.15) is 32.6 Å². The molecule has 1 fully saturated rings. The number of hydrogen-bond acceptors (Lipinski definition) is 3. The summed E-state index contributed by atoms with van der Waals surface area (Å²) in [4.78, 5) is 11.7. The van der Waals surface area contributed by atoms with Crippen molar-refractivity contribution in [1.29, 1.82) is 0 Å². The lowest BCUT2D eigenvalue weighted by Crippen LogP contribution is -2.39. The number of rotatable bonds is 5. The lowest BCUT2D eigenvalue weighted by Gasteiger charge is -2.25.